The number of hydrogen-bond donors (Lipinski definition) is 2. The van der Waals surface area contributed by atoms with Crippen molar-refractivity contribution in [2.75, 3.05) is 26.2 Å². The highest BCUT2D eigenvalue weighted by Gasteiger charge is 2.46. The lowest BCUT2D eigenvalue weighted by atomic mass is 9.76. The Balaban J connectivity index is 1.74. The standard InChI is InChI=1S/C18H23NO4/c1-2-3-13-10-14(17(20)21)4-5-16(13)23-12-18(22)11-19-8-6-15(18)7-9-19/h2,4-5,10,15,22H,1,3,6-9,11-12H2,(H,20,21). The lowest BCUT2D eigenvalue weighted by molar-refractivity contribution is -0.131. The van der Waals surface area contributed by atoms with E-state index in [9.17, 15) is 9.90 Å². The molecule has 3 heterocycles. The van der Waals surface area contributed by atoms with Gasteiger partial charge in [0.15, 0.2) is 0 Å². The molecule has 1 aromatic carbocycles. The minimum Gasteiger partial charge on any atom is -0.490 e. The Kier molecular flexibility index (Phi) is 4.41. The molecule has 2 bridgehead atoms. The minimum absolute atomic E-state index is 0.232. The van der Waals surface area contributed by atoms with Crippen LogP contribution in [0.2, 0.25) is 0 Å². The second kappa shape index (κ2) is 6.34. The maximum atomic E-state index is 11.1. The van der Waals surface area contributed by atoms with E-state index in [2.05, 4.69) is 11.5 Å². The Labute approximate surface area is 136 Å². The maximum absolute atomic E-state index is 11.1. The summed E-state index contributed by atoms with van der Waals surface area (Å²) in [6, 6.07) is 4.82. The van der Waals surface area contributed by atoms with Crippen molar-refractivity contribution in [2.24, 2.45) is 5.92 Å². The zero-order valence-corrected chi connectivity index (χ0v) is 13.2. The lowest BCUT2D eigenvalue weighted by Gasteiger charge is -2.50. The molecule has 3 fully saturated rings. The zero-order valence-electron chi connectivity index (χ0n) is 13.2. The van der Waals surface area contributed by atoms with E-state index in [0.29, 0.717) is 18.7 Å². The largest absolute Gasteiger partial charge is 0.490 e. The molecular weight excluding hydrogens is 294 g/mol. The Morgan fingerprint density at radius 3 is 2.74 bits per heavy atom. The molecular formula is C18H23NO4. The van der Waals surface area contributed by atoms with Gasteiger partial charge >= 0.3 is 5.97 Å². The SMILES string of the molecule is C=CCc1cc(C(=O)O)ccc1OCC1(O)CN2CCC1CC2. The molecule has 124 valence electrons. The third kappa shape index (κ3) is 3.26. The van der Waals surface area contributed by atoms with Gasteiger partial charge in [0.2, 0.25) is 0 Å². The highest BCUT2D eigenvalue weighted by atomic mass is 16.5. The summed E-state index contributed by atoms with van der Waals surface area (Å²) in [5, 5.41) is 20.0. The van der Waals surface area contributed by atoms with Gasteiger partial charge in [-0.1, -0.05) is 6.08 Å². The molecule has 0 amide bonds. The first kappa shape index (κ1) is 16.0. The van der Waals surface area contributed by atoms with Crippen LogP contribution in [-0.2, 0) is 6.42 Å². The molecule has 4 rings (SSSR count). The van der Waals surface area contributed by atoms with Crippen LogP contribution in [0.3, 0.4) is 0 Å². The van der Waals surface area contributed by atoms with Crippen LogP contribution in [-0.4, -0.2) is 52.9 Å². The fourth-order valence-corrected chi connectivity index (χ4v) is 3.68. The Hall–Kier alpha value is -1.85. The Morgan fingerprint density at radius 2 is 2.17 bits per heavy atom. The van der Waals surface area contributed by atoms with Gasteiger partial charge in [-0.3, -0.25) is 0 Å². The van der Waals surface area contributed by atoms with Crippen molar-refractivity contribution in [1.29, 1.82) is 0 Å². The number of carboxylic acids is 1. The first-order chi connectivity index (χ1) is 11.0. The molecule has 0 radical (unpaired) electrons. The number of benzene rings is 1. The number of rotatable bonds is 6. The molecule has 2 N–H and O–H groups in total. The van der Waals surface area contributed by atoms with Crippen molar-refractivity contribution in [3.63, 3.8) is 0 Å². The molecule has 1 atom stereocenters. The monoisotopic (exact) mass is 317 g/mol. The quantitative estimate of drug-likeness (QED) is 0.785. The molecule has 5 nitrogen and oxygen atoms in total. The van der Waals surface area contributed by atoms with E-state index in [1.54, 1.807) is 18.2 Å². The van der Waals surface area contributed by atoms with Gasteiger partial charge in [-0.2, -0.15) is 0 Å². The number of piperidine rings is 3. The van der Waals surface area contributed by atoms with Crippen molar-refractivity contribution in [3.05, 3.63) is 42.0 Å². The van der Waals surface area contributed by atoms with E-state index in [-0.39, 0.29) is 18.1 Å². The maximum Gasteiger partial charge on any atom is 0.335 e. The number of carbonyl (C=O) groups is 1. The number of fused-ring (bicyclic) bond motifs is 3. The van der Waals surface area contributed by atoms with Crippen LogP contribution in [0.5, 0.6) is 5.75 Å². The van der Waals surface area contributed by atoms with Gasteiger partial charge in [0.05, 0.1) is 5.56 Å². The Morgan fingerprint density at radius 1 is 1.43 bits per heavy atom. The smallest absolute Gasteiger partial charge is 0.335 e. The van der Waals surface area contributed by atoms with E-state index in [1.807, 2.05) is 0 Å². The summed E-state index contributed by atoms with van der Waals surface area (Å²) in [5.41, 5.74) is 0.202. The molecule has 0 saturated carbocycles. The van der Waals surface area contributed by atoms with Crippen LogP contribution in [0.1, 0.15) is 28.8 Å². The van der Waals surface area contributed by atoms with Gasteiger partial charge in [-0.25, -0.2) is 4.79 Å². The normalized spacial score (nSPS) is 29.3. The predicted molar refractivity (Wildman–Crippen MR) is 86.9 cm³/mol. The number of ether oxygens (including phenoxy) is 1. The van der Waals surface area contributed by atoms with Crippen LogP contribution < -0.4 is 4.74 Å². The van der Waals surface area contributed by atoms with E-state index in [0.717, 1.165) is 31.5 Å². The van der Waals surface area contributed by atoms with Crippen molar-refractivity contribution < 1.29 is 19.7 Å². The van der Waals surface area contributed by atoms with E-state index in [4.69, 9.17) is 9.84 Å². The molecule has 5 heteroatoms. The topological polar surface area (TPSA) is 70.0 Å². The summed E-state index contributed by atoms with van der Waals surface area (Å²) >= 11 is 0. The van der Waals surface area contributed by atoms with Crippen LogP contribution in [0.4, 0.5) is 0 Å². The summed E-state index contributed by atoms with van der Waals surface area (Å²) in [5.74, 6) is -0.0497. The van der Waals surface area contributed by atoms with Gasteiger partial charge in [-0.05, 0) is 62.0 Å². The Bertz CT molecular complexity index is 607. The lowest BCUT2D eigenvalue weighted by Crippen LogP contribution is -2.61. The number of nitrogens with zero attached hydrogens (tertiary/aromatic N) is 1. The predicted octanol–water partition coefficient (Wildman–Crippen LogP) is 1.95. The number of aliphatic hydroxyl groups is 1. The van der Waals surface area contributed by atoms with Crippen molar-refractivity contribution >= 4 is 5.97 Å². The number of hydrogen-bond acceptors (Lipinski definition) is 4. The fourth-order valence-electron chi connectivity index (χ4n) is 3.68. The second-order valence-electron chi connectivity index (χ2n) is 6.56. The number of carboxylic acid groups (broad SMARTS) is 1. The van der Waals surface area contributed by atoms with Gasteiger partial charge < -0.3 is 19.8 Å². The van der Waals surface area contributed by atoms with E-state index < -0.39 is 11.6 Å². The molecule has 0 aromatic heterocycles. The number of aromatic carboxylic acids is 1. The van der Waals surface area contributed by atoms with Gasteiger partial charge in [0.25, 0.3) is 0 Å². The molecule has 0 spiro atoms. The zero-order chi connectivity index (χ0) is 16.4. The van der Waals surface area contributed by atoms with Crippen molar-refractivity contribution in [1.82, 2.24) is 4.90 Å². The van der Waals surface area contributed by atoms with Crippen LogP contribution in [0.15, 0.2) is 30.9 Å². The molecule has 0 aliphatic carbocycles. The van der Waals surface area contributed by atoms with Gasteiger partial charge in [-0.15, -0.1) is 6.58 Å². The summed E-state index contributed by atoms with van der Waals surface area (Å²) in [6.45, 7) is 6.72. The molecule has 1 aromatic rings. The average Bonchev–Trinajstić information content (AvgIpc) is 2.54. The molecule has 23 heavy (non-hydrogen) atoms. The molecule has 1 unspecified atom stereocenters. The highest BCUT2D eigenvalue weighted by molar-refractivity contribution is 5.88. The second-order valence-corrected chi connectivity index (χ2v) is 6.56. The van der Waals surface area contributed by atoms with Crippen molar-refractivity contribution in [3.8, 4) is 5.75 Å². The highest BCUT2D eigenvalue weighted by Crippen LogP contribution is 2.36. The summed E-state index contributed by atoms with van der Waals surface area (Å²) in [6.07, 6.45) is 4.27. The fraction of sp³-hybridized carbons (Fsp3) is 0.500. The average molecular weight is 317 g/mol. The summed E-state index contributed by atoms with van der Waals surface area (Å²) < 4.78 is 5.90. The number of allylic oxidation sites excluding steroid dienone is 1. The first-order valence-corrected chi connectivity index (χ1v) is 8.06. The van der Waals surface area contributed by atoms with E-state index in [1.165, 1.54) is 6.07 Å². The summed E-state index contributed by atoms with van der Waals surface area (Å²) in [4.78, 5) is 13.4. The third-order valence-corrected chi connectivity index (χ3v) is 4.99. The molecule has 3 aliphatic rings. The van der Waals surface area contributed by atoms with Crippen molar-refractivity contribution in [2.45, 2.75) is 24.9 Å². The van der Waals surface area contributed by atoms with Gasteiger partial charge in [0, 0.05) is 6.54 Å². The first-order valence-electron chi connectivity index (χ1n) is 8.06. The minimum atomic E-state index is -0.960. The van der Waals surface area contributed by atoms with Crippen LogP contribution in [0.25, 0.3) is 0 Å². The van der Waals surface area contributed by atoms with Crippen LogP contribution >= 0.6 is 0 Å². The van der Waals surface area contributed by atoms with E-state index >= 15 is 0 Å². The van der Waals surface area contributed by atoms with Gasteiger partial charge in [0.1, 0.15) is 18.0 Å². The molecule has 3 saturated heterocycles. The van der Waals surface area contributed by atoms with Crippen LogP contribution in [0, 0.1) is 5.92 Å². The third-order valence-electron chi connectivity index (χ3n) is 4.99. The summed E-state index contributed by atoms with van der Waals surface area (Å²) in [7, 11) is 0. The molecule has 3 aliphatic heterocycles.